The number of likely N-dealkylation sites (tertiary alicyclic amines) is 1. The average molecular weight is 284 g/mol. The van der Waals surface area contributed by atoms with E-state index in [-0.39, 0.29) is 0 Å². The van der Waals surface area contributed by atoms with Gasteiger partial charge in [0.05, 0.1) is 0 Å². The highest BCUT2D eigenvalue weighted by Gasteiger charge is 2.21. The number of aromatic nitrogens is 2. The lowest BCUT2D eigenvalue weighted by Crippen LogP contribution is -2.33. The minimum absolute atomic E-state index is 0.644. The molecule has 2 N–H and O–H groups in total. The fraction of sp³-hybridized carbons (Fsp3) is 0.471. The van der Waals surface area contributed by atoms with Gasteiger partial charge in [-0.25, -0.2) is 4.98 Å². The molecule has 21 heavy (non-hydrogen) atoms. The first-order chi connectivity index (χ1) is 10.4. The van der Waals surface area contributed by atoms with Crippen LogP contribution < -0.4 is 5.32 Å². The largest absolute Gasteiger partial charge is 0.349 e. The first-order valence-corrected chi connectivity index (χ1v) is 7.88. The number of benzene rings is 1. The van der Waals surface area contributed by atoms with Gasteiger partial charge in [-0.2, -0.15) is 0 Å². The Balaban J connectivity index is 1.33. The molecule has 1 aliphatic heterocycles. The van der Waals surface area contributed by atoms with Crippen molar-refractivity contribution in [3.8, 4) is 0 Å². The van der Waals surface area contributed by atoms with Gasteiger partial charge in [-0.05, 0) is 24.9 Å². The van der Waals surface area contributed by atoms with E-state index in [2.05, 4.69) is 50.5 Å². The van der Waals surface area contributed by atoms with Gasteiger partial charge in [0.15, 0.2) is 0 Å². The molecule has 1 aromatic heterocycles. The Labute approximate surface area is 126 Å². The van der Waals surface area contributed by atoms with Gasteiger partial charge in [0.2, 0.25) is 0 Å². The quantitative estimate of drug-likeness (QED) is 0.766. The summed E-state index contributed by atoms with van der Waals surface area (Å²) in [4.78, 5) is 9.95. The second-order valence-electron chi connectivity index (χ2n) is 5.80. The van der Waals surface area contributed by atoms with Crippen LogP contribution in [0, 0.1) is 0 Å². The molecule has 1 fully saturated rings. The van der Waals surface area contributed by atoms with Gasteiger partial charge in [-0.3, -0.25) is 4.90 Å². The Kier molecular flexibility index (Phi) is 5.03. The number of hydrogen-bond donors (Lipinski definition) is 2. The van der Waals surface area contributed by atoms with E-state index in [1.165, 1.54) is 18.5 Å². The molecule has 4 heteroatoms. The minimum Gasteiger partial charge on any atom is -0.349 e. The smallest absolute Gasteiger partial charge is 0.106 e. The molecule has 1 aromatic carbocycles. The zero-order valence-corrected chi connectivity index (χ0v) is 12.5. The molecule has 1 aliphatic rings. The van der Waals surface area contributed by atoms with Gasteiger partial charge in [0, 0.05) is 44.5 Å². The lowest BCUT2D eigenvalue weighted by atomic mass is 10.2. The zero-order chi connectivity index (χ0) is 14.3. The van der Waals surface area contributed by atoms with E-state index in [9.17, 15) is 0 Å². The van der Waals surface area contributed by atoms with Crippen molar-refractivity contribution in [3.63, 3.8) is 0 Å². The number of H-pyrrole nitrogens is 1. The van der Waals surface area contributed by atoms with Crippen LogP contribution >= 0.6 is 0 Å². The molecule has 2 aromatic rings. The lowest BCUT2D eigenvalue weighted by Gasteiger charge is -2.16. The second kappa shape index (κ2) is 7.38. The zero-order valence-electron chi connectivity index (χ0n) is 12.5. The van der Waals surface area contributed by atoms with Crippen molar-refractivity contribution in [2.24, 2.45) is 0 Å². The summed E-state index contributed by atoms with van der Waals surface area (Å²) in [5.41, 5.74) is 1.41. The second-order valence-corrected chi connectivity index (χ2v) is 5.80. The standard InChI is InChI=1S/C17H24N4/c1-2-5-15(6-3-1)13-21-12-8-16(14-21)18-9-4-7-17-19-10-11-20-17/h1-3,5-6,10-11,16,18H,4,7-9,12-14H2,(H,19,20). The highest BCUT2D eigenvalue weighted by atomic mass is 15.2. The Bertz CT molecular complexity index is 509. The van der Waals surface area contributed by atoms with Crippen LogP contribution in [0.1, 0.15) is 24.2 Å². The third kappa shape index (κ3) is 4.41. The normalized spacial score (nSPS) is 19.1. The highest BCUT2D eigenvalue weighted by molar-refractivity contribution is 5.14. The molecule has 0 bridgehead atoms. The number of imidazole rings is 1. The summed E-state index contributed by atoms with van der Waals surface area (Å²) in [5, 5.41) is 3.68. The molecule has 0 amide bonds. The van der Waals surface area contributed by atoms with Crippen LogP contribution in [0.3, 0.4) is 0 Å². The summed E-state index contributed by atoms with van der Waals surface area (Å²) < 4.78 is 0. The van der Waals surface area contributed by atoms with E-state index in [1.54, 1.807) is 0 Å². The molecule has 2 heterocycles. The topological polar surface area (TPSA) is 44.0 Å². The molecule has 1 atom stereocenters. The van der Waals surface area contributed by atoms with Gasteiger partial charge in [-0.15, -0.1) is 0 Å². The van der Waals surface area contributed by atoms with Crippen LogP contribution in [0.25, 0.3) is 0 Å². The van der Waals surface area contributed by atoms with Gasteiger partial charge in [-0.1, -0.05) is 30.3 Å². The van der Waals surface area contributed by atoms with Crippen LogP contribution in [0.4, 0.5) is 0 Å². The lowest BCUT2D eigenvalue weighted by molar-refractivity contribution is 0.320. The molecule has 0 saturated carbocycles. The van der Waals surface area contributed by atoms with Crippen molar-refractivity contribution in [3.05, 3.63) is 54.1 Å². The molecule has 3 rings (SSSR count). The maximum absolute atomic E-state index is 4.25. The predicted molar refractivity (Wildman–Crippen MR) is 85.0 cm³/mol. The third-order valence-corrected chi connectivity index (χ3v) is 4.10. The average Bonchev–Trinajstić information content (AvgIpc) is 3.17. The van der Waals surface area contributed by atoms with E-state index in [0.717, 1.165) is 38.3 Å². The molecule has 0 aliphatic carbocycles. The molecule has 112 valence electrons. The SMILES string of the molecule is c1ccc(CN2CCC(NCCCc3ncc[nH]3)C2)cc1. The van der Waals surface area contributed by atoms with E-state index < -0.39 is 0 Å². The molecular formula is C17H24N4. The number of nitrogens with one attached hydrogen (secondary N) is 2. The van der Waals surface area contributed by atoms with E-state index in [4.69, 9.17) is 0 Å². The Morgan fingerprint density at radius 1 is 1.29 bits per heavy atom. The maximum atomic E-state index is 4.25. The summed E-state index contributed by atoms with van der Waals surface area (Å²) in [5.74, 6) is 1.09. The number of hydrogen-bond acceptors (Lipinski definition) is 3. The molecule has 1 unspecified atom stereocenters. The number of rotatable bonds is 7. The summed E-state index contributed by atoms with van der Waals surface area (Å²) in [6, 6.07) is 11.4. The van der Waals surface area contributed by atoms with E-state index in [1.807, 2.05) is 12.4 Å². The minimum atomic E-state index is 0.644. The fourth-order valence-electron chi connectivity index (χ4n) is 2.98. The van der Waals surface area contributed by atoms with Gasteiger partial charge in [0.1, 0.15) is 5.82 Å². The predicted octanol–water partition coefficient (Wildman–Crippen LogP) is 2.21. The van der Waals surface area contributed by atoms with E-state index >= 15 is 0 Å². The number of nitrogens with zero attached hydrogens (tertiary/aromatic N) is 2. The van der Waals surface area contributed by atoms with Crippen molar-refractivity contribution in [1.29, 1.82) is 0 Å². The molecule has 4 nitrogen and oxygen atoms in total. The first-order valence-electron chi connectivity index (χ1n) is 7.88. The van der Waals surface area contributed by atoms with Crippen LogP contribution in [0.2, 0.25) is 0 Å². The van der Waals surface area contributed by atoms with Gasteiger partial charge >= 0.3 is 0 Å². The Morgan fingerprint density at radius 3 is 3.00 bits per heavy atom. The van der Waals surface area contributed by atoms with Gasteiger partial charge in [0.25, 0.3) is 0 Å². The van der Waals surface area contributed by atoms with Crippen molar-refractivity contribution in [1.82, 2.24) is 20.2 Å². The van der Waals surface area contributed by atoms with Crippen LogP contribution in [0.5, 0.6) is 0 Å². The monoisotopic (exact) mass is 284 g/mol. The highest BCUT2D eigenvalue weighted by Crippen LogP contribution is 2.13. The molecular weight excluding hydrogens is 260 g/mol. The molecule has 0 radical (unpaired) electrons. The van der Waals surface area contributed by atoms with Crippen molar-refractivity contribution >= 4 is 0 Å². The van der Waals surface area contributed by atoms with Crippen LogP contribution in [0.15, 0.2) is 42.7 Å². The number of aryl methyl sites for hydroxylation is 1. The van der Waals surface area contributed by atoms with E-state index in [0.29, 0.717) is 6.04 Å². The molecule has 1 saturated heterocycles. The van der Waals surface area contributed by atoms with Crippen LogP contribution in [-0.4, -0.2) is 40.5 Å². The summed E-state index contributed by atoms with van der Waals surface area (Å²) in [6.45, 7) is 4.51. The summed E-state index contributed by atoms with van der Waals surface area (Å²) in [6.07, 6.45) is 7.14. The van der Waals surface area contributed by atoms with Gasteiger partial charge < -0.3 is 10.3 Å². The van der Waals surface area contributed by atoms with Crippen LogP contribution in [-0.2, 0) is 13.0 Å². The van der Waals surface area contributed by atoms with Crippen molar-refractivity contribution in [2.45, 2.75) is 31.8 Å². The third-order valence-electron chi connectivity index (χ3n) is 4.10. The Hall–Kier alpha value is -1.65. The maximum Gasteiger partial charge on any atom is 0.106 e. The summed E-state index contributed by atoms with van der Waals surface area (Å²) >= 11 is 0. The summed E-state index contributed by atoms with van der Waals surface area (Å²) in [7, 11) is 0. The Morgan fingerprint density at radius 2 is 2.19 bits per heavy atom. The fourth-order valence-corrected chi connectivity index (χ4v) is 2.98. The van der Waals surface area contributed by atoms with Crippen molar-refractivity contribution in [2.75, 3.05) is 19.6 Å². The first kappa shape index (κ1) is 14.3. The number of aromatic amines is 1. The van der Waals surface area contributed by atoms with Crippen molar-refractivity contribution < 1.29 is 0 Å². The molecule has 0 spiro atoms.